The third-order valence-corrected chi connectivity index (χ3v) is 4.86. The number of nitrogens with zero attached hydrogens (tertiary/aromatic N) is 1. The van der Waals surface area contributed by atoms with Gasteiger partial charge in [0.1, 0.15) is 5.75 Å². The maximum atomic E-state index is 12.3. The summed E-state index contributed by atoms with van der Waals surface area (Å²) in [6.45, 7) is 3.06. The molecule has 0 aromatic heterocycles. The van der Waals surface area contributed by atoms with E-state index in [-0.39, 0.29) is 24.0 Å². The van der Waals surface area contributed by atoms with Crippen LogP contribution in [0.15, 0.2) is 24.3 Å². The van der Waals surface area contributed by atoms with Crippen molar-refractivity contribution in [1.29, 1.82) is 0 Å². The second kappa shape index (κ2) is 8.23. The predicted octanol–water partition coefficient (Wildman–Crippen LogP) is 2.82. The fourth-order valence-corrected chi connectivity index (χ4v) is 3.60. The van der Waals surface area contributed by atoms with E-state index in [0.29, 0.717) is 19.6 Å². The Balaban J connectivity index is 1.52. The molecular weight excluding hydrogens is 318 g/mol. The van der Waals surface area contributed by atoms with Crippen molar-refractivity contribution in [3.8, 4) is 5.75 Å². The van der Waals surface area contributed by atoms with Crippen molar-refractivity contribution in [2.24, 2.45) is 0 Å². The summed E-state index contributed by atoms with van der Waals surface area (Å²) in [7, 11) is 0. The van der Waals surface area contributed by atoms with Crippen molar-refractivity contribution in [2.45, 2.75) is 57.5 Å². The Bertz CT molecular complexity index is 596. The average Bonchev–Trinajstić information content (AvgIpc) is 2.97. The summed E-state index contributed by atoms with van der Waals surface area (Å²) in [5.74, 6) is 0.826. The quantitative estimate of drug-likeness (QED) is 0.862. The standard InChI is InChI=1S/C19H27N3O3/c1-2-25-17-10-8-16(9-11-17)22-13-15(12-18(22)23)21-19(24)20-14-6-4-3-5-7-14/h8-11,14-15H,2-7,12-13H2,1H3,(H2,20,21,24)/t15-/m0/s1. The molecule has 1 aromatic rings. The van der Waals surface area contributed by atoms with Gasteiger partial charge in [0, 0.05) is 24.7 Å². The van der Waals surface area contributed by atoms with Crippen molar-refractivity contribution in [2.75, 3.05) is 18.1 Å². The molecule has 0 spiro atoms. The molecule has 0 bridgehead atoms. The molecule has 2 fully saturated rings. The Morgan fingerprint density at radius 3 is 2.48 bits per heavy atom. The normalized spacial score (nSPS) is 21.2. The van der Waals surface area contributed by atoms with E-state index in [4.69, 9.17) is 4.74 Å². The van der Waals surface area contributed by atoms with E-state index < -0.39 is 0 Å². The van der Waals surface area contributed by atoms with E-state index in [0.717, 1.165) is 24.3 Å². The van der Waals surface area contributed by atoms with Crippen LogP contribution in [0.3, 0.4) is 0 Å². The minimum absolute atomic E-state index is 0.0344. The highest BCUT2D eigenvalue weighted by Gasteiger charge is 2.32. The Morgan fingerprint density at radius 1 is 1.12 bits per heavy atom. The van der Waals surface area contributed by atoms with E-state index in [9.17, 15) is 9.59 Å². The van der Waals surface area contributed by atoms with Crippen LogP contribution in [0.4, 0.5) is 10.5 Å². The first-order valence-corrected chi connectivity index (χ1v) is 9.26. The van der Waals surface area contributed by atoms with Crippen LogP contribution < -0.4 is 20.3 Å². The number of amides is 3. The molecule has 1 atom stereocenters. The molecule has 1 aliphatic carbocycles. The maximum Gasteiger partial charge on any atom is 0.315 e. The van der Waals surface area contributed by atoms with Crippen LogP contribution in [0.2, 0.25) is 0 Å². The van der Waals surface area contributed by atoms with Gasteiger partial charge in [-0.15, -0.1) is 0 Å². The van der Waals surface area contributed by atoms with Gasteiger partial charge in [-0.1, -0.05) is 19.3 Å². The second-order valence-electron chi connectivity index (χ2n) is 6.79. The molecule has 6 nitrogen and oxygen atoms in total. The zero-order chi connectivity index (χ0) is 17.6. The molecule has 3 rings (SSSR count). The number of ether oxygens (including phenoxy) is 1. The zero-order valence-electron chi connectivity index (χ0n) is 14.8. The van der Waals surface area contributed by atoms with Crippen LogP contribution in [-0.2, 0) is 4.79 Å². The van der Waals surface area contributed by atoms with Gasteiger partial charge >= 0.3 is 6.03 Å². The van der Waals surface area contributed by atoms with E-state index in [1.807, 2.05) is 31.2 Å². The molecule has 1 saturated carbocycles. The van der Waals surface area contributed by atoms with Gasteiger partial charge in [-0.3, -0.25) is 4.79 Å². The van der Waals surface area contributed by atoms with Crippen LogP contribution in [0.25, 0.3) is 0 Å². The minimum atomic E-state index is -0.154. The third kappa shape index (κ3) is 4.65. The summed E-state index contributed by atoms with van der Waals surface area (Å²) < 4.78 is 5.43. The van der Waals surface area contributed by atoms with Crippen molar-refractivity contribution in [3.05, 3.63) is 24.3 Å². The topological polar surface area (TPSA) is 70.7 Å². The summed E-state index contributed by atoms with van der Waals surface area (Å²) in [6, 6.07) is 7.46. The minimum Gasteiger partial charge on any atom is -0.494 e. The molecule has 0 unspecified atom stereocenters. The Hall–Kier alpha value is -2.24. The number of carbonyl (C=O) groups excluding carboxylic acids is 2. The molecule has 0 radical (unpaired) electrons. The predicted molar refractivity (Wildman–Crippen MR) is 96.9 cm³/mol. The van der Waals surface area contributed by atoms with Crippen LogP contribution in [-0.4, -0.2) is 37.2 Å². The Kier molecular flexibility index (Phi) is 5.79. The van der Waals surface area contributed by atoms with Gasteiger partial charge in [0.2, 0.25) is 5.91 Å². The lowest BCUT2D eigenvalue weighted by Gasteiger charge is -2.24. The number of anilines is 1. The van der Waals surface area contributed by atoms with Crippen LogP contribution >= 0.6 is 0 Å². The largest absolute Gasteiger partial charge is 0.494 e. The van der Waals surface area contributed by atoms with Gasteiger partial charge in [-0.2, -0.15) is 0 Å². The molecule has 1 aromatic carbocycles. The molecule has 1 saturated heterocycles. The highest BCUT2D eigenvalue weighted by atomic mass is 16.5. The Morgan fingerprint density at radius 2 is 1.80 bits per heavy atom. The summed E-state index contributed by atoms with van der Waals surface area (Å²) in [5.41, 5.74) is 0.838. The van der Waals surface area contributed by atoms with Gasteiger partial charge in [-0.05, 0) is 44.0 Å². The lowest BCUT2D eigenvalue weighted by molar-refractivity contribution is -0.117. The summed E-state index contributed by atoms with van der Waals surface area (Å²) in [6.07, 6.45) is 6.06. The number of rotatable bonds is 5. The number of hydrogen-bond acceptors (Lipinski definition) is 3. The lowest BCUT2D eigenvalue weighted by Crippen LogP contribution is -2.47. The summed E-state index contributed by atoms with van der Waals surface area (Å²) in [4.78, 5) is 26.2. The number of hydrogen-bond donors (Lipinski definition) is 2. The van der Waals surface area contributed by atoms with Crippen LogP contribution in [0.1, 0.15) is 45.4 Å². The lowest BCUT2D eigenvalue weighted by atomic mass is 9.96. The molecule has 1 aliphatic heterocycles. The maximum absolute atomic E-state index is 12.3. The van der Waals surface area contributed by atoms with Gasteiger partial charge in [0.15, 0.2) is 0 Å². The van der Waals surface area contributed by atoms with Gasteiger partial charge in [0.05, 0.1) is 12.6 Å². The summed E-state index contributed by atoms with van der Waals surface area (Å²) in [5, 5.41) is 5.99. The first-order valence-electron chi connectivity index (χ1n) is 9.26. The van der Waals surface area contributed by atoms with Crippen molar-refractivity contribution >= 4 is 17.6 Å². The van der Waals surface area contributed by atoms with E-state index in [2.05, 4.69) is 10.6 Å². The highest BCUT2D eigenvalue weighted by Crippen LogP contribution is 2.24. The van der Waals surface area contributed by atoms with E-state index >= 15 is 0 Å². The van der Waals surface area contributed by atoms with Gasteiger partial charge < -0.3 is 20.3 Å². The summed E-state index contributed by atoms with van der Waals surface area (Å²) >= 11 is 0. The van der Waals surface area contributed by atoms with Gasteiger partial charge in [-0.25, -0.2) is 4.79 Å². The smallest absolute Gasteiger partial charge is 0.315 e. The highest BCUT2D eigenvalue weighted by molar-refractivity contribution is 5.96. The number of carbonyl (C=O) groups is 2. The molecule has 25 heavy (non-hydrogen) atoms. The Labute approximate surface area is 148 Å². The average molecular weight is 345 g/mol. The number of urea groups is 1. The fourth-order valence-electron chi connectivity index (χ4n) is 3.60. The molecular formula is C19H27N3O3. The molecule has 2 N–H and O–H groups in total. The van der Waals surface area contributed by atoms with Gasteiger partial charge in [0.25, 0.3) is 0 Å². The third-order valence-electron chi connectivity index (χ3n) is 4.86. The van der Waals surface area contributed by atoms with E-state index in [1.165, 1.54) is 19.3 Å². The second-order valence-corrected chi connectivity index (χ2v) is 6.79. The molecule has 2 aliphatic rings. The number of benzene rings is 1. The number of nitrogens with one attached hydrogen (secondary N) is 2. The molecule has 1 heterocycles. The fraction of sp³-hybridized carbons (Fsp3) is 0.579. The van der Waals surface area contributed by atoms with Crippen molar-refractivity contribution in [3.63, 3.8) is 0 Å². The first-order chi connectivity index (χ1) is 12.2. The zero-order valence-corrected chi connectivity index (χ0v) is 14.8. The monoisotopic (exact) mass is 345 g/mol. The van der Waals surface area contributed by atoms with Crippen LogP contribution in [0.5, 0.6) is 5.75 Å². The van der Waals surface area contributed by atoms with Crippen molar-refractivity contribution in [1.82, 2.24) is 10.6 Å². The SMILES string of the molecule is CCOc1ccc(N2C[C@@H](NC(=O)NC3CCCCC3)CC2=O)cc1. The molecule has 3 amide bonds. The van der Waals surface area contributed by atoms with Crippen molar-refractivity contribution < 1.29 is 14.3 Å². The molecule has 136 valence electrons. The molecule has 6 heteroatoms. The van der Waals surface area contributed by atoms with E-state index in [1.54, 1.807) is 4.90 Å². The first kappa shape index (κ1) is 17.6. The van der Waals surface area contributed by atoms with Crippen LogP contribution in [0, 0.1) is 0 Å².